The van der Waals surface area contributed by atoms with Crippen LogP contribution in [0, 0.1) is 0 Å². The summed E-state index contributed by atoms with van der Waals surface area (Å²) in [5.41, 5.74) is 4.89. The van der Waals surface area contributed by atoms with E-state index in [-0.39, 0.29) is 0 Å². The van der Waals surface area contributed by atoms with Gasteiger partial charge in [0.2, 0.25) is 0 Å². The van der Waals surface area contributed by atoms with Gasteiger partial charge in [-0.15, -0.1) is 0 Å². The first-order chi connectivity index (χ1) is 8.59. The highest BCUT2D eigenvalue weighted by molar-refractivity contribution is 5.66. The van der Waals surface area contributed by atoms with Crippen molar-refractivity contribution in [1.29, 1.82) is 0 Å². The van der Waals surface area contributed by atoms with Crippen LogP contribution in [-0.4, -0.2) is 4.98 Å². The summed E-state index contributed by atoms with van der Waals surface area (Å²) >= 11 is 0. The maximum atomic E-state index is 4.85. The molecule has 1 heteroatoms. The zero-order valence-electron chi connectivity index (χ0n) is 11.6. The molecule has 0 saturated carbocycles. The number of hydrogen-bond donors (Lipinski definition) is 0. The van der Waals surface area contributed by atoms with Gasteiger partial charge in [-0.1, -0.05) is 64.1 Å². The molecule has 0 aliphatic rings. The van der Waals surface area contributed by atoms with Crippen LogP contribution in [-0.2, 0) is 0 Å². The maximum Gasteiger partial charge on any atom is 0.0510 e. The number of rotatable bonds is 3. The SMILES string of the molecule is CC(C)c1ccc(-c2ccccc2)c(C(C)C)n1. The minimum absolute atomic E-state index is 0.443. The molecule has 2 aromatic rings. The molecule has 1 nitrogen and oxygen atoms in total. The average Bonchev–Trinajstić information content (AvgIpc) is 2.39. The third-order valence-electron chi connectivity index (χ3n) is 3.17. The van der Waals surface area contributed by atoms with E-state index >= 15 is 0 Å². The van der Waals surface area contributed by atoms with E-state index in [0.717, 1.165) is 0 Å². The van der Waals surface area contributed by atoms with Gasteiger partial charge in [0.15, 0.2) is 0 Å². The van der Waals surface area contributed by atoms with E-state index in [1.165, 1.54) is 22.5 Å². The molecule has 0 N–H and O–H groups in total. The topological polar surface area (TPSA) is 12.9 Å². The highest BCUT2D eigenvalue weighted by Gasteiger charge is 2.12. The van der Waals surface area contributed by atoms with Crippen LogP contribution < -0.4 is 0 Å². The van der Waals surface area contributed by atoms with Crippen molar-refractivity contribution in [2.75, 3.05) is 0 Å². The second-order valence-corrected chi connectivity index (χ2v) is 5.34. The predicted molar refractivity (Wildman–Crippen MR) is 77.9 cm³/mol. The second kappa shape index (κ2) is 5.34. The maximum absolute atomic E-state index is 4.85. The van der Waals surface area contributed by atoms with Crippen molar-refractivity contribution in [3.05, 3.63) is 53.9 Å². The lowest BCUT2D eigenvalue weighted by atomic mass is 9.96. The summed E-state index contributed by atoms with van der Waals surface area (Å²) in [6.45, 7) is 8.79. The van der Waals surface area contributed by atoms with E-state index < -0.39 is 0 Å². The lowest BCUT2D eigenvalue weighted by Crippen LogP contribution is -2.02. The molecule has 0 aliphatic carbocycles. The van der Waals surface area contributed by atoms with Gasteiger partial charge in [0, 0.05) is 11.3 Å². The standard InChI is InChI=1S/C17H21N/c1-12(2)16-11-10-15(17(18-16)13(3)4)14-8-6-5-7-9-14/h5-13H,1-4H3. The minimum atomic E-state index is 0.443. The van der Waals surface area contributed by atoms with Gasteiger partial charge in [0.05, 0.1) is 5.69 Å². The van der Waals surface area contributed by atoms with Crippen molar-refractivity contribution in [3.63, 3.8) is 0 Å². The van der Waals surface area contributed by atoms with Gasteiger partial charge in [-0.3, -0.25) is 4.98 Å². The number of pyridine rings is 1. The zero-order valence-corrected chi connectivity index (χ0v) is 11.6. The van der Waals surface area contributed by atoms with E-state index in [1.807, 2.05) is 0 Å². The molecule has 94 valence electrons. The average molecular weight is 239 g/mol. The lowest BCUT2D eigenvalue weighted by Gasteiger charge is -2.15. The Morgan fingerprint density at radius 2 is 1.44 bits per heavy atom. The number of hydrogen-bond acceptors (Lipinski definition) is 1. The molecule has 0 aliphatic heterocycles. The zero-order chi connectivity index (χ0) is 13.1. The van der Waals surface area contributed by atoms with Gasteiger partial charge in [-0.05, 0) is 23.5 Å². The molecule has 2 rings (SSSR count). The van der Waals surface area contributed by atoms with Crippen LogP contribution in [0.4, 0.5) is 0 Å². The Hall–Kier alpha value is -1.63. The van der Waals surface area contributed by atoms with E-state index in [1.54, 1.807) is 0 Å². The first-order valence-corrected chi connectivity index (χ1v) is 6.66. The molecule has 0 unspecified atom stereocenters. The summed E-state index contributed by atoms with van der Waals surface area (Å²) in [4.78, 5) is 4.85. The van der Waals surface area contributed by atoms with Crippen LogP contribution in [0.25, 0.3) is 11.1 Å². The molecule has 0 spiro atoms. The normalized spacial score (nSPS) is 11.2. The number of nitrogens with zero attached hydrogens (tertiary/aromatic N) is 1. The molecule has 18 heavy (non-hydrogen) atoms. The second-order valence-electron chi connectivity index (χ2n) is 5.34. The van der Waals surface area contributed by atoms with Crippen molar-refractivity contribution < 1.29 is 0 Å². The van der Waals surface area contributed by atoms with Crippen molar-refractivity contribution in [2.45, 2.75) is 39.5 Å². The van der Waals surface area contributed by atoms with Gasteiger partial charge < -0.3 is 0 Å². The predicted octanol–water partition coefficient (Wildman–Crippen LogP) is 5.00. The first kappa shape index (κ1) is 12.8. The van der Waals surface area contributed by atoms with Crippen LogP contribution in [0.1, 0.15) is 50.9 Å². The first-order valence-electron chi connectivity index (χ1n) is 6.66. The van der Waals surface area contributed by atoms with Gasteiger partial charge in [-0.2, -0.15) is 0 Å². The molecule has 0 saturated heterocycles. The largest absolute Gasteiger partial charge is 0.257 e. The summed E-state index contributed by atoms with van der Waals surface area (Å²) in [6, 6.07) is 14.9. The molecule has 0 radical (unpaired) electrons. The third-order valence-corrected chi connectivity index (χ3v) is 3.17. The Labute approximate surface area is 110 Å². The summed E-state index contributed by atoms with van der Waals surface area (Å²) < 4.78 is 0. The Morgan fingerprint density at radius 3 is 2.00 bits per heavy atom. The molecular weight excluding hydrogens is 218 g/mol. The Balaban J connectivity index is 2.54. The smallest absolute Gasteiger partial charge is 0.0510 e. The van der Waals surface area contributed by atoms with Crippen molar-refractivity contribution >= 4 is 0 Å². The van der Waals surface area contributed by atoms with E-state index in [4.69, 9.17) is 4.98 Å². The summed E-state index contributed by atoms with van der Waals surface area (Å²) in [6.07, 6.45) is 0. The third kappa shape index (κ3) is 2.61. The van der Waals surface area contributed by atoms with Gasteiger partial charge in [-0.25, -0.2) is 0 Å². The van der Waals surface area contributed by atoms with Crippen LogP contribution in [0.3, 0.4) is 0 Å². The van der Waals surface area contributed by atoms with Crippen molar-refractivity contribution in [1.82, 2.24) is 4.98 Å². The molecule has 1 aromatic carbocycles. The molecule has 0 fully saturated rings. The lowest BCUT2D eigenvalue weighted by molar-refractivity contribution is 0.767. The van der Waals surface area contributed by atoms with Crippen LogP contribution in [0.15, 0.2) is 42.5 Å². The van der Waals surface area contributed by atoms with Crippen molar-refractivity contribution in [3.8, 4) is 11.1 Å². The van der Waals surface area contributed by atoms with Crippen LogP contribution in [0.2, 0.25) is 0 Å². The molecule has 0 amide bonds. The van der Waals surface area contributed by atoms with E-state index in [9.17, 15) is 0 Å². The van der Waals surface area contributed by atoms with Gasteiger partial charge in [0.25, 0.3) is 0 Å². The molecule has 1 aromatic heterocycles. The van der Waals surface area contributed by atoms with Crippen LogP contribution in [0.5, 0.6) is 0 Å². The van der Waals surface area contributed by atoms with Crippen LogP contribution >= 0.6 is 0 Å². The molecule has 1 heterocycles. The summed E-state index contributed by atoms with van der Waals surface area (Å²) in [7, 11) is 0. The highest BCUT2D eigenvalue weighted by atomic mass is 14.7. The fourth-order valence-corrected chi connectivity index (χ4v) is 2.11. The Bertz CT molecular complexity index is 512. The summed E-state index contributed by atoms with van der Waals surface area (Å²) in [5.74, 6) is 0.922. The van der Waals surface area contributed by atoms with Gasteiger partial charge in [0.1, 0.15) is 0 Å². The molecule has 0 bridgehead atoms. The van der Waals surface area contributed by atoms with E-state index in [0.29, 0.717) is 11.8 Å². The fraction of sp³-hybridized carbons (Fsp3) is 0.353. The van der Waals surface area contributed by atoms with Crippen molar-refractivity contribution in [2.24, 2.45) is 0 Å². The number of benzene rings is 1. The fourth-order valence-electron chi connectivity index (χ4n) is 2.11. The Kier molecular flexibility index (Phi) is 3.81. The van der Waals surface area contributed by atoms with E-state index in [2.05, 4.69) is 70.2 Å². The quantitative estimate of drug-likeness (QED) is 0.735. The summed E-state index contributed by atoms with van der Waals surface area (Å²) in [5, 5.41) is 0. The minimum Gasteiger partial charge on any atom is -0.257 e. The monoisotopic (exact) mass is 239 g/mol. The number of aromatic nitrogens is 1. The molecule has 0 atom stereocenters. The highest BCUT2D eigenvalue weighted by Crippen LogP contribution is 2.29. The van der Waals surface area contributed by atoms with Gasteiger partial charge >= 0.3 is 0 Å². The molecular formula is C17H21N. The Morgan fingerprint density at radius 1 is 0.778 bits per heavy atom.